The van der Waals surface area contributed by atoms with Crippen LogP contribution in [0.2, 0.25) is 0 Å². The smallest absolute Gasteiger partial charge is 0.262 e. The first kappa shape index (κ1) is 14.6. The zero-order valence-corrected chi connectivity index (χ0v) is 11.6. The molecule has 2 aromatic rings. The van der Waals surface area contributed by atoms with Gasteiger partial charge in [0, 0.05) is 11.3 Å². The fraction of sp³-hybridized carbons (Fsp3) is 0.125. The number of hydrogen-bond donors (Lipinski definition) is 2. The Kier molecular flexibility index (Phi) is 4.56. The highest BCUT2D eigenvalue weighted by atomic mass is 16.5. The zero-order valence-electron chi connectivity index (χ0n) is 11.6. The number of benzene rings is 2. The summed E-state index contributed by atoms with van der Waals surface area (Å²) in [5.41, 5.74) is 7.28. The van der Waals surface area contributed by atoms with E-state index in [1.54, 1.807) is 24.3 Å². The van der Waals surface area contributed by atoms with Gasteiger partial charge < -0.3 is 15.8 Å². The molecule has 0 saturated heterocycles. The summed E-state index contributed by atoms with van der Waals surface area (Å²) in [7, 11) is 0. The largest absolute Gasteiger partial charge is 0.484 e. The maximum absolute atomic E-state index is 11.8. The van der Waals surface area contributed by atoms with Crippen LogP contribution in [0, 0.1) is 6.92 Å². The van der Waals surface area contributed by atoms with Crippen molar-refractivity contribution < 1.29 is 14.3 Å². The van der Waals surface area contributed by atoms with Crippen molar-refractivity contribution in [1.82, 2.24) is 0 Å². The van der Waals surface area contributed by atoms with E-state index in [-0.39, 0.29) is 12.5 Å². The van der Waals surface area contributed by atoms with Gasteiger partial charge in [-0.1, -0.05) is 18.2 Å². The number of anilines is 1. The Morgan fingerprint density at radius 1 is 1.10 bits per heavy atom. The van der Waals surface area contributed by atoms with Crippen LogP contribution in [-0.4, -0.2) is 18.4 Å². The number of para-hydroxylation sites is 1. The third-order valence-corrected chi connectivity index (χ3v) is 2.93. The van der Waals surface area contributed by atoms with Gasteiger partial charge in [0.2, 0.25) is 5.91 Å². The molecule has 0 aromatic heterocycles. The lowest BCUT2D eigenvalue weighted by molar-refractivity contribution is -0.118. The van der Waals surface area contributed by atoms with Gasteiger partial charge in [-0.25, -0.2) is 0 Å². The van der Waals surface area contributed by atoms with Crippen molar-refractivity contribution in [3.05, 3.63) is 59.7 Å². The lowest BCUT2D eigenvalue weighted by atomic mass is 10.2. The summed E-state index contributed by atoms with van der Waals surface area (Å²) >= 11 is 0. The third-order valence-electron chi connectivity index (χ3n) is 2.93. The molecule has 0 aliphatic carbocycles. The van der Waals surface area contributed by atoms with E-state index in [0.29, 0.717) is 11.3 Å². The molecule has 0 bridgehead atoms. The topological polar surface area (TPSA) is 81.4 Å². The number of nitrogens with two attached hydrogens (primary N) is 1. The second-order valence-corrected chi connectivity index (χ2v) is 4.54. The van der Waals surface area contributed by atoms with Crippen molar-refractivity contribution >= 4 is 17.5 Å². The summed E-state index contributed by atoms with van der Waals surface area (Å²) in [4.78, 5) is 22.7. The van der Waals surface area contributed by atoms with E-state index in [9.17, 15) is 9.59 Å². The van der Waals surface area contributed by atoms with Gasteiger partial charge in [-0.15, -0.1) is 0 Å². The van der Waals surface area contributed by atoms with E-state index < -0.39 is 5.91 Å². The van der Waals surface area contributed by atoms with Crippen molar-refractivity contribution in [3.8, 4) is 5.75 Å². The fourth-order valence-corrected chi connectivity index (χ4v) is 1.76. The van der Waals surface area contributed by atoms with Crippen LogP contribution in [0.1, 0.15) is 15.9 Å². The summed E-state index contributed by atoms with van der Waals surface area (Å²) in [5, 5.41) is 2.77. The molecule has 3 N–H and O–H groups in total. The predicted octanol–water partition coefficient (Wildman–Crippen LogP) is 2.11. The van der Waals surface area contributed by atoms with Crippen LogP contribution in [0.3, 0.4) is 0 Å². The van der Waals surface area contributed by atoms with Crippen LogP contribution in [0.15, 0.2) is 48.5 Å². The molecular weight excluding hydrogens is 268 g/mol. The molecule has 2 amide bonds. The molecule has 0 fully saturated rings. The molecule has 2 aromatic carbocycles. The fourth-order valence-electron chi connectivity index (χ4n) is 1.76. The van der Waals surface area contributed by atoms with Crippen molar-refractivity contribution in [1.29, 1.82) is 0 Å². The summed E-state index contributed by atoms with van der Waals surface area (Å²) in [5.74, 6) is -0.248. The first-order valence-electron chi connectivity index (χ1n) is 6.44. The van der Waals surface area contributed by atoms with E-state index in [1.807, 2.05) is 31.2 Å². The molecule has 2 rings (SSSR count). The number of rotatable bonds is 5. The molecule has 0 radical (unpaired) electrons. The third kappa shape index (κ3) is 4.07. The van der Waals surface area contributed by atoms with Gasteiger partial charge in [0.05, 0.1) is 0 Å². The minimum absolute atomic E-state index is 0.107. The standard InChI is InChI=1S/C16H16N2O3/c1-11-4-2-3-5-14(11)18-15(19)10-21-13-8-6-12(7-9-13)16(17)20/h2-9H,10H2,1H3,(H2,17,20)(H,18,19). The van der Waals surface area contributed by atoms with E-state index in [2.05, 4.69) is 5.32 Å². The number of aryl methyl sites for hydroxylation is 1. The molecule has 5 nitrogen and oxygen atoms in total. The number of nitrogens with one attached hydrogen (secondary N) is 1. The van der Waals surface area contributed by atoms with Crippen LogP contribution >= 0.6 is 0 Å². The van der Waals surface area contributed by atoms with Crippen LogP contribution in [0.25, 0.3) is 0 Å². The molecule has 0 atom stereocenters. The first-order chi connectivity index (χ1) is 10.1. The number of carbonyl (C=O) groups is 2. The zero-order chi connectivity index (χ0) is 15.2. The summed E-state index contributed by atoms with van der Waals surface area (Å²) < 4.78 is 5.35. The number of primary amides is 1. The maximum Gasteiger partial charge on any atom is 0.262 e. The van der Waals surface area contributed by atoms with E-state index in [1.165, 1.54) is 0 Å². The highest BCUT2D eigenvalue weighted by Crippen LogP contribution is 2.14. The molecule has 5 heteroatoms. The Morgan fingerprint density at radius 3 is 2.38 bits per heavy atom. The molecule has 0 saturated carbocycles. The van der Waals surface area contributed by atoms with Gasteiger partial charge in [0.15, 0.2) is 6.61 Å². The summed E-state index contributed by atoms with van der Waals surface area (Å²) in [6.07, 6.45) is 0. The maximum atomic E-state index is 11.8. The lowest BCUT2D eigenvalue weighted by Crippen LogP contribution is -2.20. The van der Waals surface area contributed by atoms with Crippen LogP contribution in [-0.2, 0) is 4.79 Å². The Labute approximate surface area is 122 Å². The lowest BCUT2D eigenvalue weighted by Gasteiger charge is -2.09. The van der Waals surface area contributed by atoms with Gasteiger partial charge in [-0.3, -0.25) is 9.59 Å². The van der Waals surface area contributed by atoms with Crippen LogP contribution < -0.4 is 15.8 Å². The Balaban J connectivity index is 1.89. The quantitative estimate of drug-likeness (QED) is 0.882. The van der Waals surface area contributed by atoms with Gasteiger partial charge in [-0.2, -0.15) is 0 Å². The highest BCUT2D eigenvalue weighted by Gasteiger charge is 2.06. The highest BCUT2D eigenvalue weighted by molar-refractivity contribution is 5.93. The minimum Gasteiger partial charge on any atom is -0.484 e. The van der Waals surface area contributed by atoms with Gasteiger partial charge >= 0.3 is 0 Å². The SMILES string of the molecule is Cc1ccccc1NC(=O)COc1ccc(C(N)=O)cc1. The van der Waals surface area contributed by atoms with Gasteiger partial charge in [-0.05, 0) is 42.8 Å². The van der Waals surface area contributed by atoms with Crippen molar-refractivity contribution in [2.24, 2.45) is 5.73 Å². The van der Waals surface area contributed by atoms with Crippen molar-refractivity contribution in [3.63, 3.8) is 0 Å². The Bertz CT molecular complexity index is 651. The monoisotopic (exact) mass is 284 g/mol. The molecule has 0 unspecified atom stereocenters. The van der Waals surface area contributed by atoms with Crippen LogP contribution in [0.5, 0.6) is 5.75 Å². The Hall–Kier alpha value is -2.82. The molecule has 0 spiro atoms. The average molecular weight is 284 g/mol. The number of ether oxygens (including phenoxy) is 1. The molecule has 0 aliphatic rings. The normalized spacial score (nSPS) is 9.95. The second-order valence-electron chi connectivity index (χ2n) is 4.54. The van der Waals surface area contributed by atoms with E-state index >= 15 is 0 Å². The number of amides is 2. The average Bonchev–Trinajstić information content (AvgIpc) is 2.48. The second kappa shape index (κ2) is 6.56. The van der Waals surface area contributed by atoms with Gasteiger partial charge in [0.1, 0.15) is 5.75 Å². The number of carbonyl (C=O) groups excluding carboxylic acids is 2. The first-order valence-corrected chi connectivity index (χ1v) is 6.44. The summed E-state index contributed by atoms with van der Waals surface area (Å²) in [6.45, 7) is 1.81. The summed E-state index contributed by atoms with van der Waals surface area (Å²) in [6, 6.07) is 13.8. The van der Waals surface area contributed by atoms with E-state index in [0.717, 1.165) is 11.3 Å². The van der Waals surface area contributed by atoms with E-state index in [4.69, 9.17) is 10.5 Å². The Morgan fingerprint density at radius 2 is 1.76 bits per heavy atom. The van der Waals surface area contributed by atoms with Crippen molar-refractivity contribution in [2.45, 2.75) is 6.92 Å². The minimum atomic E-state index is -0.501. The molecule has 108 valence electrons. The van der Waals surface area contributed by atoms with Crippen molar-refractivity contribution in [2.75, 3.05) is 11.9 Å². The molecule has 0 heterocycles. The molecular formula is C16H16N2O3. The van der Waals surface area contributed by atoms with Crippen LogP contribution in [0.4, 0.5) is 5.69 Å². The molecule has 21 heavy (non-hydrogen) atoms. The number of hydrogen-bond acceptors (Lipinski definition) is 3. The van der Waals surface area contributed by atoms with Gasteiger partial charge in [0.25, 0.3) is 5.91 Å². The molecule has 0 aliphatic heterocycles. The predicted molar refractivity (Wildman–Crippen MR) is 80.3 cm³/mol.